The molecule has 5 nitrogen and oxygen atoms in total. The van der Waals surface area contributed by atoms with Crippen molar-refractivity contribution in [3.8, 4) is 0 Å². The third-order valence-corrected chi connectivity index (χ3v) is 4.33. The number of anilines is 1. The van der Waals surface area contributed by atoms with Crippen molar-refractivity contribution in [2.75, 3.05) is 18.4 Å². The van der Waals surface area contributed by atoms with Crippen LogP contribution < -0.4 is 5.32 Å². The number of nitrogens with zero attached hydrogens (tertiary/aromatic N) is 1. The summed E-state index contributed by atoms with van der Waals surface area (Å²) >= 11 is 0. The van der Waals surface area contributed by atoms with Gasteiger partial charge in [-0.2, -0.15) is 13.2 Å². The maximum absolute atomic E-state index is 13.0. The van der Waals surface area contributed by atoms with Crippen molar-refractivity contribution in [2.45, 2.75) is 26.4 Å². The number of urea groups is 1. The number of hydrogen-bond acceptors (Lipinski definition) is 2. The van der Waals surface area contributed by atoms with Crippen molar-refractivity contribution in [1.82, 2.24) is 4.90 Å². The molecule has 0 unspecified atom stereocenters. The number of hydrogen-bond donors (Lipinski definition) is 2. The summed E-state index contributed by atoms with van der Waals surface area (Å²) in [6.07, 6.45) is -3.90. The van der Waals surface area contributed by atoms with Crippen LogP contribution in [0.4, 0.5) is 23.7 Å². The molecule has 132 valence electrons. The van der Waals surface area contributed by atoms with Crippen molar-refractivity contribution < 1.29 is 27.9 Å². The monoisotopic (exact) mass is 344 g/mol. The lowest BCUT2D eigenvalue weighted by atomic mass is 9.96. The van der Waals surface area contributed by atoms with Gasteiger partial charge < -0.3 is 15.3 Å². The predicted octanol–water partition coefficient (Wildman–Crippen LogP) is 3.28. The van der Waals surface area contributed by atoms with Gasteiger partial charge in [0.25, 0.3) is 0 Å². The topological polar surface area (TPSA) is 69.6 Å². The first-order chi connectivity index (χ1) is 11.1. The number of halogens is 3. The smallest absolute Gasteiger partial charge is 0.394 e. The summed E-state index contributed by atoms with van der Waals surface area (Å²) in [4.78, 5) is 24.1. The van der Waals surface area contributed by atoms with Crippen molar-refractivity contribution in [3.05, 3.63) is 29.3 Å². The van der Waals surface area contributed by atoms with Crippen molar-refractivity contribution in [1.29, 1.82) is 0 Å². The maximum Gasteiger partial charge on any atom is 0.394 e. The zero-order valence-electron chi connectivity index (χ0n) is 13.4. The first-order valence-electron chi connectivity index (χ1n) is 7.58. The van der Waals surface area contributed by atoms with E-state index in [9.17, 15) is 22.8 Å². The Morgan fingerprint density at radius 2 is 2.00 bits per heavy atom. The minimum Gasteiger partial charge on any atom is -0.481 e. The lowest BCUT2D eigenvalue weighted by Crippen LogP contribution is -2.35. The maximum atomic E-state index is 13.0. The molecule has 8 heteroatoms. The molecule has 1 aliphatic rings. The molecule has 1 aliphatic heterocycles. The predicted molar refractivity (Wildman–Crippen MR) is 81.8 cm³/mol. The normalized spacial score (nSPS) is 21.0. The number of benzene rings is 1. The summed E-state index contributed by atoms with van der Waals surface area (Å²) in [5.41, 5.74) is 2.55. The van der Waals surface area contributed by atoms with Crippen LogP contribution in [-0.4, -0.2) is 41.3 Å². The van der Waals surface area contributed by atoms with E-state index < -0.39 is 43.1 Å². The fourth-order valence-corrected chi connectivity index (χ4v) is 2.88. The minimum absolute atomic E-state index is 0.460. The highest BCUT2D eigenvalue weighted by Gasteiger charge is 2.53. The number of nitrogens with one attached hydrogen (secondary N) is 1. The molecule has 0 saturated carbocycles. The molecule has 2 amide bonds. The molecule has 24 heavy (non-hydrogen) atoms. The van der Waals surface area contributed by atoms with E-state index in [0.717, 1.165) is 22.4 Å². The van der Waals surface area contributed by atoms with Gasteiger partial charge in [-0.15, -0.1) is 0 Å². The van der Waals surface area contributed by atoms with E-state index in [0.29, 0.717) is 5.69 Å². The zero-order valence-corrected chi connectivity index (χ0v) is 13.4. The van der Waals surface area contributed by atoms with E-state index in [-0.39, 0.29) is 0 Å². The van der Waals surface area contributed by atoms with E-state index in [2.05, 4.69) is 5.32 Å². The van der Waals surface area contributed by atoms with Gasteiger partial charge in [0.1, 0.15) is 0 Å². The van der Waals surface area contributed by atoms with Gasteiger partial charge in [-0.25, -0.2) is 4.79 Å². The van der Waals surface area contributed by atoms with Crippen LogP contribution in [-0.2, 0) is 11.2 Å². The van der Waals surface area contributed by atoms with Gasteiger partial charge >= 0.3 is 18.2 Å². The average Bonchev–Trinajstić information content (AvgIpc) is 2.95. The summed E-state index contributed by atoms with van der Waals surface area (Å²) in [5.74, 6) is -5.24. The fraction of sp³-hybridized carbons (Fsp3) is 0.500. The summed E-state index contributed by atoms with van der Waals surface area (Å²) in [6, 6.07) is 4.52. The van der Waals surface area contributed by atoms with Gasteiger partial charge in [-0.3, -0.25) is 4.79 Å². The Morgan fingerprint density at radius 1 is 1.33 bits per heavy atom. The van der Waals surface area contributed by atoms with Crippen LogP contribution in [0.5, 0.6) is 0 Å². The number of carbonyl (C=O) groups excluding carboxylic acids is 1. The van der Waals surface area contributed by atoms with Crippen LogP contribution in [0.25, 0.3) is 0 Å². The molecule has 0 bridgehead atoms. The Hall–Kier alpha value is -2.25. The number of carboxylic acids is 1. The Balaban J connectivity index is 2.12. The number of likely N-dealkylation sites (tertiary alicyclic amines) is 1. The van der Waals surface area contributed by atoms with Crippen LogP contribution in [0.2, 0.25) is 0 Å². The number of aryl methyl sites for hydroxylation is 2. The third-order valence-electron chi connectivity index (χ3n) is 4.33. The van der Waals surface area contributed by atoms with E-state index in [1.54, 1.807) is 12.1 Å². The van der Waals surface area contributed by atoms with Crippen LogP contribution in [0.15, 0.2) is 18.2 Å². The average molecular weight is 344 g/mol. The van der Waals surface area contributed by atoms with Gasteiger partial charge in [0.15, 0.2) is 0 Å². The van der Waals surface area contributed by atoms with Crippen molar-refractivity contribution in [3.63, 3.8) is 0 Å². The lowest BCUT2D eigenvalue weighted by molar-refractivity contribution is -0.187. The molecular weight excluding hydrogens is 325 g/mol. The number of rotatable bonds is 3. The Bertz CT molecular complexity index is 646. The number of carbonyl (C=O) groups is 2. The number of alkyl halides is 3. The highest BCUT2D eigenvalue weighted by molar-refractivity contribution is 5.90. The van der Waals surface area contributed by atoms with Gasteiger partial charge in [0.2, 0.25) is 0 Å². The van der Waals surface area contributed by atoms with Crippen LogP contribution in [0.3, 0.4) is 0 Å². The fourth-order valence-electron chi connectivity index (χ4n) is 2.88. The standard InChI is InChI=1S/C16H19F3N2O3/c1-3-10-6-11(5-4-9(10)2)20-15(24)21-7-12(14(22)23)13(8-21)16(17,18)19/h4-6,12-13H,3,7-8H2,1-2H3,(H,20,24)(H,22,23)/t12-,13-/m1/s1. The summed E-state index contributed by atoms with van der Waals surface area (Å²) in [5, 5.41) is 11.5. The molecular formula is C16H19F3N2O3. The van der Waals surface area contributed by atoms with Gasteiger partial charge in [-0.05, 0) is 36.6 Å². The van der Waals surface area contributed by atoms with E-state index in [1.165, 1.54) is 0 Å². The molecule has 1 aromatic rings. The van der Waals surface area contributed by atoms with Gasteiger partial charge in [0, 0.05) is 18.8 Å². The van der Waals surface area contributed by atoms with Gasteiger partial charge in [0.05, 0.1) is 11.8 Å². The molecule has 2 N–H and O–H groups in total. The highest BCUT2D eigenvalue weighted by Crippen LogP contribution is 2.37. The highest BCUT2D eigenvalue weighted by atomic mass is 19.4. The first kappa shape index (κ1) is 18.1. The van der Waals surface area contributed by atoms with Crippen molar-refractivity contribution in [2.24, 2.45) is 11.8 Å². The molecule has 1 heterocycles. The van der Waals surface area contributed by atoms with Gasteiger partial charge in [-0.1, -0.05) is 13.0 Å². The van der Waals surface area contributed by atoms with E-state index >= 15 is 0 Å². The molecule has 1 fully saturated rings. The number of carboxylic acid groups (broad SMARTS) is 1. The molecule has 0 radical (unpaired) electrons. The molecule has 2 atom stereocenters. The van der Waals surface area contributed by atoms with Crippen LogP contribution >= 0.6 is 0 Å². The zero-order chi connectivity index (χ0) is 18.1. The third kappa shape index (κ3) is 3.80. The molecule has 1 saturated heterocycles. The summed E-state index contributed by atoms with van der Waals surface area (Å²) < 4.78 is 38.9. The van der Waals surface area contributed by atoms with Crippen molar-refractivity contribution >= 4 is 17.7 Å². The van der Waals surface area contributed by atoms with Crippen LogP contribution in [0.1, 0.15) is 18.1 Å². The Morgan fingerprint density at radius 3 is 2.50 bits per heavy atom. The molecule has 0 aliphatic carbocycles. The summed E-state index contributed by atoms with van der Waals surface area (Å²) in [6.45, 7) is 2.77. The molecule has 1 aromatic carbocycles. The molecule has 0 spiro atoms. The lowest BCUT2D eigenvalue weighted by Gasteiger charge is -2.19. The number of amides is 2. The second kappa shape index (κ2) is 6.70. The largest absolute Gasteiger partial charge is 0.481 e. The SMILES string of the molecule is CCc1cc(NC(=O)N2C[C@@H](C(F)(F)F)[C@H](C(=O)O)C2)ccc1C. The number of aliphatic carboxylic acids is 1. The van der Waals surface area contributed by atoms with Crippen LogP contribution in [0, 0.1) is 18.8 Å². The second-order valence-electron chi connectivity index (χ2n) is 5.92. The minimum atomic E-state index is -4.66. The quantitative estimate of drug-likeness (QED) is 0.884. The van der Waals surface area contributed by atoms with E-state index in [1.807, 2.05) is 19.9 Å². The van der Waals surface area contributed by atoms with E-state index in [4.69, 9.17) is 5.11 Å². The first-order valence-corrected chi connectivity index (χ1v) is 7.58. The molecule has 2 rings (SSSR count). The molecule has 0 aromatic heterocycles. The summed E-state index contributed by atoms with van der Waals surface area (Å²) in [7, 11) is 0. The Kier molecular flexibility index (Phi) is 5.05. The second-order valence-corrected chi connectivity index (χ2v) is 5.92. The Labute approximate surface area is 137 Å².